The second kappa shape index (κ2) is 5.93. The number of piperazine rings is 1. The third kappa shape index (κ3) is 2.66. The zero-order chi connectivity index (χ0) is 15.0. The molecule has 0 N–H and O–H groups in total. The lowest BCUT2D eigenvalue weighted by Crippen LogP contribution is -2.51. The van der Waals surface area contributed by atoms with Gasteiger partial charge in [0.15, 0.2) is 0 Å². The van der Waals surface area contributed by atoms with Crippen LogP contribution in [-0.4, -0.2) is 74.2 Å². The first-order valence-corrected chi connectivity index (χ1v) is 7.82. The van der Waals surface area contributed by atoms with E-state index in [-0.39, 0.29) is 30.0 Å². The van der Waals surface area contributed by atoms with E-state index in [1.165, 1.54) is 7.11 Å². The zero-order valence-electron chi connectivity index (χ0n) is 12.8. The van der Waals surface area contributed by atoms with E-state index in [0.29, 0.717) is 0 Å². The molecule has 6 nitrogen and oxygen atoms in total. The van der Waals surface area contributed by atoms with Crippen molar-refractivity contribution in [1.82, 2.24) is 9.80 Å². The van der Waals surface area contributed by atoms with Crippen LogP contribution in [0.2, 0.25) is 0 Å². The number of hydrogen-bond donors (Lipinski definition) is 0. The molecule has 3 heterocycles. The summed E-state index contributed by atoms with van der Waals surface area (Å²) in [5, 5.41) is 0. The Bertz CT molecular complexity index is 420. The number of hydrogen-bond acceptors (Lipinski definition) is 5. The highest BCUT2D eigenvalue weighted by Gasteiger charge is 2.54. The number of methoxy groups -OCH3 is 1. The number of nitrogens with zero attached hydrogens (tertiary/aromatic N) is 2. The smallest absolute Gasteiger partial charge is 0.312 e. The van der Waals surface area contributed by atoms with Gasteiger partial charge < -0.3 is 19.3 Å². The van der Waals surface area contributed by atoms with E-state index < -0.39 is 5.92 Å². The summed E-state index contributed by atoms with van der Waals surface area (Å²) in [7, 11) is 3.45. The fourth-order valence-electron chi connectivity index (χ4n) is 3.86. The third-order valence-corrected chi connectivity index (χ3v) is 5.09. The molecule has 0 aromatic carbocycles. The Kier molecular flexibility index (Phi) is 4.17. The van der Waals surface area contributed by atoms with Crippen molar-refractivity contribution < 1.29 is 19.1 Å². The summed E-state index contributed by atoms with van der Waals surface area (Å²) in [5.74, 6) is -0.993. The summed E-state index contributed by atoms with van der Waals surface area (Å²) < 4.78 is 10.8. The van der Waals surface area contributed by atoms with Crippen molar-refractivity contribution in [2.24, 2.45) is 11.8 Å². The number of esters is 1. The molecular weight excluding hydrogens is 272 g/mol. The Morgan fingerprint density at radius 2 is 1.67 bits per heavy atom. The highest BCUT2D eigenvalue weighted by atomic mass is 16.5. The number of fused-ring (bicyclic) bond motifs is 2. The number of rotatable bonds is 2. The van der Waals surface area contributed by atoms with Crippen LogP contribution in [0.4, 0.5) is 0 Å². The minimum atomic E-state index is -0.422. The van der Waals surface area contributed by atoms with E-state index in [9.17, 15) is 9.59 Å². The standard InChI is InChI=1S/C15H24N2O4/c1-16-6-8-17(9-7-16)14(18)12-10-4-3-5-11(21-10)13(12)15(19)20-2/h10-13H,3-9H2,1-2H3/t10-,11+,12?,13?/m0/s1. The average molecular weight is 296 g/mol. The lowest BCUT2D eigenvalue weighted by atomic mass is 9.86. The maximum absolute atomic E-state index is 12.9. The first-order valence-electron chi connectivity index (χ1n) is 7.82. The highest BCUT2D eigenvalue weighted by Crippen LogP contribution is 2.43. The predicted molar refractivity (Wildman–Crippen MR) is 75.6 cm³/mol. The molecule has 0 saturated carbocycles. The lowest BCUT2D eigenvalue weighted by Gasteiger charge is -2.35. The SMILES string of the molecule is COC(=O)C1C(C(=O)N2CCN(C)CC2)[C@@H]2CCC[C@H]1O2. The highest BCUT2D eigenvalue weighted by molar-refractivity contribution is 5.87. The van der Waals surface area contributed by atoms with Gasteiger partial charge >= 0.3 is 5.97 Å². The summed E-state index contributed by atoms with van der Waals surface area (Å²) in [6.07, 6.45) is 2.49. The van der Waals surface area contributed by atoms with Gasteiger partial charge in [-0.25, -0.2) is 0 Å². The van der Waals surface area contributed by atoms with E-state index >= 15 is 0 Å². The molecule has 3 aliphatic rings. The molecule has 2 unspecified atom stereocenters. The number of carbonyl (C=O) groups excluding carboxylic acids is 2. The van der Waals surface area contributed by atoms with Gasteiger partial charge in [-0.1, -0.05) is 0 Å². The second-order valence-corrected chi connectivity index (χ2v) is 6.35. The average Bonchev–Trinajstić information content (AvgIpc) is 2.77. The fourth-order valence-corrected chi connectivity index (χ4v) is 3.86. The van der Waals surface area contributed by atoms with E-state index in [4.69, 9.17) is 9.47 Å². The van der Waals surface area contributed by atoms with Crippen molar-refractivity contribution in [1.29, 1.82) is 0 Å². The summed E-state index contributed by atoms with van der Waals surface area (Å²) in [5.41, 5.74) is 0. The summed E-state index contributed by atoms with van der Waals surface area (Å²) in [4.78, 5) is 29.1. The van der Waals surface area contributed by atoms with Gasteiger partial charge in [0.1, 0.15) is 0 Å². The van der Waals surface area contributed by atoms with Crippen molar-refractivity contribution >= 4 is 11.9 Å². The number of carbonyl (C=O) groups is 2. The number of likely N-dealkylation sites (N-methyl/N-ethyl adjacent to an activating group) is 1. The van der Waals surface area contributed by atoms with E-state index in [1.54, 1.807) is 0 Å². The zero-order valence-corrected chi connectivity index (χ0v) is 12.8. The molecule has 21 heavy (non-hydrogen) atoms. The van der Waals surface area contributed by atoms with Crippen LogP contribution >= 0.6 is 0 Å². The van der Waals surface area contributed by atoms with E-state index in [2.05, 4.69) is 11.9 Å². The number of ether oxygens (including phenoxy) is 2. The van der Waals surface area contributed by atoms with Crippen molar-refractivity contribution in [3.63, 3.8) is 0 Å². The Morgan fingerprint density at radius 1 is 1.05 bits per heavy atom. The molecule has 3 rings (SSSR count). The van der Waals surface area contributed by atoms with Gasteiger partial charge in [-0.05, 0) is 26.3 Å². The van der Waals surface area contributed by atoms with Crippen LogP contribution in [0.3, 0.4) is 0 Å². The van der Waals surface area contributed by atoms with E-state index in [0.717, 1.165) is 45.4 Å². The molecule has 0 aromatic rings. The Balaban J connectivity index is 1.77. The van der Waals surface area contributed by atoms with Crippen LogP contribution in [0.1, 0.15) is 19.3 Å². The molecule has 2 bridgehead atoms. The first-order chi connectivity index (χ1) is 10.1. The molecule has 3 saturated heterocycles. The van der Waals surface area contributed by atoms with Crippen molar-refractivity contribution in [3.05, 3.63) is 0 Å². The van der Waals surface area contributed by atoms with Gasteiger partial charge in [-0.2, -0.15) is 0 Å². The molecule has 0 aromatic heterocycles. The quantitative estimate of drug-likeness (QED) is 0.677. The Hall–Kier alpha value is -1.14. The van der Waals surface area contributed by atoms with E-state index in [1.807, 2.05) is 4.90 Å². The van der Waals surface area contributed by atoms with Gasteiger partial charge in [-0.15, -0.1) is 0 Å². The molecule has 0 radical (unpaired) electrons. The Labute approximate surface area is 125 Å². The monoisotopic (exact) mass is 296 g/mol. The maximum Gasteiger partial charge on any atom is 0.312 e. The molecule has 6 heteroatoms. The number of amides is 1. The van der Waals surface area contributed by atoms with Crippen LogP contribution in [0, 0.1) is 11.8 Å². The van der Waals surface area contributed by atoms with Gasteiger partial charge in [-0.3, -0.25) is 9.59 Å². The summed E-state index contributed by atoms with van der Waals surface area (Å²) in [6, 6.07) is 0. The second-order valence-electron chi connectivity index (χ2n) is 6.35. The van der Waals surface area contributed by atoms with Crippen LogP contribution in [0.5, 0.6) is 0 Å². The van der Waals surface area contributed by atoms with Crippen LogP contribution in [0.15, 0.2) is 0 Å². The van der Waals surface area contributed by atoms with Gasteiger partial charge in [0.25, 0.3) is 0 Å². The van der Waals surface area contributed by atoms with Crippen LogP contribution in [0.25, 0.3) is 0 Å². The first kappa shape index (κ1) is 14.8. The molecule has 0 spiro atoms. The van der Waals surface area contributed by atoms with Crippen molar-refractivity contribution in [2.75, 3.05) is 40.3 Å². The third-order valence-electron chi connectivity index (χ3n) is 5.09. The van der Waals surface area contributed by atoms with Gasteiger partial charge in [0, 0.05) is 26.2 Å². The molecule has 0 aliphatic carbocycles. The van der Waals surface area contributed by atoms with Crippen LogP contribution in [-0.2, 0) is 19.1 Å². The topological polar surface area (TPSA) is 59.1 Å². The fraction of sp³-hybridized carbons (Fsp3) is 0.867. The molecule has 4 atom stereocenters. The molecule has 118 valence electrons. The van der Waals surface area contributed by atoms with Gasteiger partial charge in [0.2, 0.25) is 5.91 Å². The summed E-state index contributed by atoms with van der Waals surface area (Å²) in [6.45, 7) is 3.24. The van der Waals surface area contributed by atoms with Crippen LogP contribution < -0.4 is 0 Å². The summed E-state index contributed by atoms with van der Waals surface area (Å²) >= 11 is 0. The Morgan fingerprint density at radius 3 is 2.29 bits per heavy atom. The normalized spacial score (nSPS) is 36.6. The van der Waals surface area contributed by atoms with Crippen molar-refractivity contribution in [2.45, 2.75) is 31.5 Å². The van der Waals surface area contributed by atoms with Crippen molar-refractivity contribution in [3.8, 4) is 0 Å². The molecular formula is C15H24N2O4. The van der Waals surface area contributed by atoms with Gasteiger partial charge in [0.05, 0.1) is 31.2 Å². The molecule has 3 fully saturated rings. The predicted octanol–water partition coefficient (Wildman–Crippen LogP) is 0.117. The lowest BCUT2D eigenvalue weighted by molar-refractivity contribution is -0.153. The minimum Gasteiger partial charge on any atom is -0.469 e. The maximum atomic E-state index is 12.9. The largest absolute Gasteiger partial charge is 0.469 e. The molecule has 3 aliphatic heterocycles. The minimum absolute atomic E-state index is 0.0768. The molecule has 1 amide bonds.